The Labute approximate surface area is 115 Å². The van der Waals surface area contributed by atoms with Crippen LogP contribution in [0.15, 0.2) is 27.6 Å². The van der Waals surface area contributed by atoms with Crippen LogP contribution >= 0.6 is 15.9 Å². The van der Waals surface area contributed by atoms with Crippen LogP contribution in [0.3, 0.4) is 0 Å². The van der Waals surface area contributed by atoms with E-state index in [4.69, 9.17) is 10.8 Å². The molecule has 5 nitrogen and oxygen atoms in total. The van der Waals surface area contributed by atoms with E-state index in [1.54, 1.807) is 4.72 Å². The Hall–Kier alpha value is -0.840. The van der Waals surface area contributed by atoms with E-state index < -0.39 is 28.8 Å². The molecule has 1 atom stereocenters. The Morgan fingerprint density at radius 1 is 1.42 bits per heavy atom. The van der Waals surface area contributed by atoms with Crippen LogP contribution in [-0.2, 0) is 10.0 Å². The summed E-state index contributed by atoms with van der Waals surface area (Å²) in [4.78, 5) is -0.289. The molecule has 0 radical (unpaired) electrons. The van der Waals surface area contributed by atoms with Crippen molar-refractivity contribution in [2.75, 3.05) is 12.3 Å². The molecular weight excluding hydrogens is 353 g/mol. The summed E-state index contributed by atoms with van der Waals surface area (Å²) in [5, 5.41) is 8.71. The van der Waals surface area contributed by atoms with Crippen LogP contribution in [0.1, 0.15) is 0 Å². The molecule has 4 N–H and O–H groups in total. The highest BCUT2D eigenvalue weighted by Crippen LogP contribution is 2.23. The molecule has 0 amide bonds. The zero-order valence-corrected chi connectivity index (χ0v) is 11.7. The molecule has 0 aliphatic rings. The summed E-state index contributed by atoms with van der Waals surface area (Å²) in [6.07, 6.45) is -7.66. The summed E-state index contributed by atoms with van der Waals surface area (Å²) in [6.45, 7) is -1.16. The van der Waals surface area contributed by atoms with Gasteiger partial charge in [-0.1, -0.05) is 0 Å². The summed E-state index contributed by atoms with van der Waals surface area (Å²) < 4.78 is 61.6. The third-order valence-electron chi connectivity index (χ3n) is 2.12. The first-order valence-electron chi connectivity index (χ1n) is 4.83. The van der Waals surface area contributed by atoms with Gasteiger partial charge in [-0.25, -0.2) is 13.1 Å². The minimum Gasteiger partial charge on any atom is -0.398 e. The molecule has 1 aromatic rings. The van der Waals surface area contributed by atoms with Crippen molar-refractivity contribution in [2.24, 2.45) is 0 Å². The van der Waals surface area contributed by atoms with Gasteiger partial charge in [-0.2, -0.15) is 13.2 Å². The van der Waals surface area contributed by atoms with Crippen molar-refractivity contribution in [3.05, 3.63) is 22.7 Å². The van der Waals surface area contributed by atoms with Crippen molar-refractivity contribution in [1.29, 1.82) is 0 Å². The molecule has 0 bridgehead atoms. The normalized spacial score (nSPS) is 14.4. The van der Waals surface area contributed by atoms with Gasteiger partial charge in [-0.15, -0.1) is 0 Å². The second-order valence-electron chi connectivity index (χ2n) is 3.59. The molecule has 0 aliphatic heterocycles. The Bertz CT molecular complexity index is 562. The maximum Gasteiger partial charge on any atom is 0.415 e. The lowest BCUT2D eigenvalue weighted by Crippen LogP contribution is -2.40. The molecule has 0 heterocycles. The average Bonchev–Trinajstić information content (AvgIpc) is 2.28. The van der Waals surface area contributed by atoms with E-state index in [9.17, 15) is 21.6 Å². The predicted octanol–water partition coefficient (Wildman–Crippen LogP) is 1.23. The van der Waals surface area contributed by atoms with Gasteiger partial charge in [0.2, 0.25) is 10.0 Å². The van der Waals surface area contributed by atoms with Gasteiger partial charge in [-0.05, 0) is 34.1 Å². The second kappa shape index (κ2) is 5.65. The molecule has 1 aromatic carbocycles. The van der Waals surface area contributed by atoms with Crippen molar-refractivity contribution in [3.8, 4) is 0 Å². The monoisotopic (exact) mass is 362 g/mol. The Kier molecular flexibility index (Phi) is 4.82. The number of aliphatic hydroxyl groups excluding tert-OH is 1. The van der Waals surface area contributed by atoms with Gasteiger partial charge < -0.3 is 10.8 Å². The standard InChI is InChI=1S/C9H10BrF3N2O3S/c10-6-2-1-5(3-7(6)14)19(17,18)15-4-8(16)9(11,12)13/h1-3,8,15-16H,4,14H2. The summed E-state index contributed by atoms with van der Waals surface area (Å²) in [6, 6.07) is 3.61. The van der Waals surface area contributed by atoms with Crippen LogP contribution in [0.2, 0.25) is 0 Å². The van der Waals surface area contributed by atoms with E-state index in [0.717, 1.165) is 6.07 Å². The van der Waals surface area contributed by atoms with Crippen LogP contribution in [-0.4, -0.2) is 32.3 Å². The fourth-order valence-electron chi connectivity index (χ4n) is 1.08. The number of hydrogen-bond acceptors (Lipinski definition) is 4. The van der Waals surface area contributed by atoms with E-state index in [1.165, 1.54) is 12.1 Å². The number of alkyl halides is 3. The lowest BCUT2D eigenvalue weighted by Gasteiger charge is -2.15. The number of halogens is 4. The topological polar surface area (TPSA) is 92.4 Å². The molecule has 0 saturated carbocycles. The van der Waals surface area contributed by atoms with Crippen molar-refractivity contribution in [1.82, 2.24) is 4.72 Å². The molecule has 0 spiro atoms. The SMILES string of the molecule is Nc1cc(S(=O)(=O)NCC(O)C(F)(F)F)ccc1Br. The molecular formula is C9H10BrF3N2O3S. The molecule has 10 heteroatoms. The Morgan fingerprint density at radius 2 is 2.00 bits per heavy atom. The number of nitrogens with two attached hydrogens (primary N) is 1. The number of hydrogen-bond donors (Lipinski definition) is 3. The minimum absolute atomic E-state index is 0.124. The van der Waals surface area contributed by atoms with Gasteiger partial charge in [0.05, 0.1) is 4.90 Å². The quantitative estimate of drug-likeness (QED) is 0.702. The van der Waals surface area contributed by atoms with Crippen LogP contribution in [0.4, 0.5) is 18.9 Å². The highest BCUT2D eigenvalue weighted by Gasteiger charge is 2.38. The van der Waals surface area contributed by atoms with Crippen LogP contribution in [0, 0.1) is 0 Å². The van der Waals surface area contributed by atoms with Gasteiger partial charge in [0.1, 0.15) is 0 Å². The van der Waals surface area contributed by atoms with E-state index in [0.29, 0.717) is 4.47 Å². The maximum atomic E-state index is 12.0. The lowest BCUT2D eigenvalue weighted by molar-refractivity contribution is -0.200. The van der Waals surface area contributed by atoms with E-state index >= 15 is 0 Å². The third-order valence-corrected chi connectivity index (χ3v) is 4.27. The van der Waals surface area contributed by atoms with E-state index in [1.807, 2.05) is 0 Å². The van der Waals surface area contributed by atoms with Crippen LogP contribution in [0.5, 0.6) is 0 Å². The second-order valence-corrected chi connectivity index (χ2v) is 6.21. The van der Waals surface area contributed by atoms with Gasteiger partial charge in [0.15, 0.2) is 6.10 Å². The molecule has 0 aromatic heterocycles. The summed E-state index contributed by atoms with van der Waals surface area (Å²) in [5.74, 6) is 0. The van der Waals surface area contributed by atoms with Crippen molar-refractivity contribution >= 4 is 31.6 Å². The first-order valence-corrected chi connectivity index (χ1v) is 7.11. The van der Waals surface area contributed by atoms with Crippen molar-refractivity contribution in [3.63, 3.8) is 0 Å². The lowest BCUT2D eigenvalue weighted by atomic mass is 10.3. The molecule has 0 aliphatic carbocycles. The fourth-order valence-corrected chi connectivity index (χ4v) is 2.40. The van der Waals surface area contributed by atoms with Crippen molar-refractivity contribution in [2.45, 2.75) is 17.2 Å². The first kappa shape index (κ1) is 16.2. The summed E-state index contributed by atoms with van der Waals surface area (Å²) in [7, 11) is -4.17. The smallest absolute Gasteiger partial charge is 0.398 e. The zero-order valence-electron chi connectivity index (χ0n) is 9.28. The fraction of sp³-hybridized carbons (Fsp3) is 0.333. The maximum absolute atomic E-state index is 12.0. The molecule has 0 fully saturated rings. The Morgan fingerprint density at radius 3 is 2.47 bits per heavy atom. The number of nitrogens with one attached hydrogen (secondary N) is 1. The number of aliphatic hydroxyl groups is 1. The highest BCUT2D eigenvalue weighted by atomic mass is 79.9. The minimum atomic E-state index is -4.89. The first-order chi connectivity index (χ1) is 8.54. The zero-order chi connectivity index (χ0) is 14.8. The van der Waals surface area contributed by atoms with E-state index in [2.05, 4.69) is 15.9 Å². The number of nitrogen functional groups attached to an aromatic ring is 1. The third kappa shape index (κ3) is 4.34. The molecule has 108 valence electrons. The number of benzene rings is 1. The number of anilines is 1. The van der Waals surface area contributed by atoms with Gasteiger partial charge in [-0.3, -0.25) is 0 Å². The molecule has 1 unspecified atom stereocenters. The molecule has 1 rings (SSSR count). The van der Waals surface area contributed by atoms with Crippen LogP contribution < -0.4 is 10.5 Å². The largest absolute Gasteiger partial charge is 0.415 e. The average molecular weight is 363 g/mol. The Balaban J connectivity index is 2.85. The summed E-state index contributed by atoms with van der Waals surface area (Å²) >= 11 is 3.06. The highest BCUT2D eigenvalue weighted by molar-refractivity contribution is 9.10. The van der Waals surface area contributed by atoms with Gasteiger partial charge in [0, 0.05) is 16.7 Å². The van der Waals surface area contributed by atoms with Crippen molar-refractivity contribution < 1.29 is 26.7 Å². The van der Waals surface area contributed by atoms with Crippen LogP contribution in [0.25, 0.3) is 0 Å². The van der Waals surface area contributed by atoms with E-state index in [-0.39, 0.29) is 10.6 Å². The molecule has 19 heavy (non-hydrogen) atoms. The van der Waals surface area contributed by atoms with Gasteiger partial charge in [0.25, 0.3) is 0 Å². The molecule has 0 saturated heterocycles. The number of rotatable bonds is 4. The predicted molar refractivity (Wildman–Crippen MR) is 65.8 cm³/mol. The van der Waals surface area contributed by atoms with Gasteiger partial charge >= 0.3 is 6.18 Å². The summed E-state index contributed by atoms with van der Waals surface area (Å²) in [5.41, 5.74) is 5.60. The number of sulfonamides is 1.